The van der Waals surface area contributed by atoms with E-state index in [9.17, 15) is 0 Å². The Kier molecular flexibility index (Phi) is 15.9. The SMILES string of the molecule is [Br][In]([Br])[Br].[InH3]. The van der Waals surface area contributed by atoms with Crippen LogP contribution in [0.5, 0.6) is 0 Å². The van der Waals surface area contributed by atoms with Crippen molar-refractivity contribution >= 4 is 77.2 Å². The van der Waals surface area contributed by atoms with E-state index in [2.05, 4.69) is 36.9 Å². The molecule has 0 aliphatic carbocycles. The van der Waals surface area contributed by atoms with Crippen molar-refractivity contribution in [2.24, 2.45) is 0 Å². The summed E-state index contributed by atoms with van der Waals surface area (Å²) in [6, 6.07) is 0. The molecule has 0 amide bonds. The molecule has 0 aromatic rings. The molecule has 5 heavy (non-hydrogen) atoms. The van der Waals surface area contributed by atoms with Crippen LogP contribution in [0.2, 0.25) is 0 Å². The zero-order chi connectivity index (χ0) is 3.58. The molecule has 0 radical (unpaired) electrons. The molecule has 0 fully saturated rings. The van der Waals surface area contributed by atoms with E-state index >= 15 is 0 Å². The summed E-state index contributed by atoms with van der Waals surface area (Å²) < 4.78 is 0. The van der Waals surface area contributed by atoms with Crippen molar-refractivity contribution in [2.75, 3.05) is 0 Å². The molecule has 0 unspecified atom stereocenters. The van der Waals surface area contributed by atoms with Crippen molar-refractivity contribution in [2.45, 2.75) is 0 Å². The Balaban J connectivity index is 0. The van der Waals surface area contributed by atoms with Gasteiger partial charge >= 0.3 is 77.2 Å². The third-order valence-corrected chi connectivity index (χ3v) is 0. The first-order valence-electron chi connectivity index (χ1n) is 0.655. The number of rotatable bonds is 0. The van der Waals surface area contributed by atoms with Gasteiger partial charge in [0.15, 0.2) is 0 Å². The molecule has 0 aromatic heterocycles. The Morgan fingerprint density at radius 3 is 1.00 bits per heavy atom. The molecule has 0 rings (SSSR count). The second-order valence-electron chi connectivity index (χ2n) is 0.247. The van der Waals surface area contributed by atoms with Crippen LogP contribution < -0.4 is 0 Å². The minimum absolute atomic E-state index is 0. The quantitative estimate of drug-likeness (QED) is 0.493. The fraction of sp³-hybridized carbons (Fsp3) is 0. The molecule has 0 atom stereocenters. The molecule has 0 aliphatic rings. The van der Waals surface area contributed by atoms with Gasteiger partial charge in [-0.2, -0.15) is 0 Å². The van der Waals surface area contributed by atoms with E-state index in [4.69, 9.17) is 0 Å². The minimum atomic E-state index is -1.20. The van der Waals surface area contributed by atoms with Crippen LogP contribution in [-0.4, -0.2) is 40.3 Å². The summed E-state index contributed by atoms with van der Waals surface area (Å²) in [5, 5.41) is 0. The van der Waals surface area contributed by atoms with E-state index in [-0.39, 0.29) is 25.8 Å². The molecule has 0 bridgehead atoms. The van der Waals surface area contributed by atoms with Gasteiger partial charge in [-0.05, 0) is 0 Å². The summed E-state index contributed by atoms with van der Waals surface area (Å²) in [7, 11) is 0. The van der Waals surface area contributed by atoms with E-state index in [1.54, 1.807) is 0 Å². The molecular formula is H3Br3In2. The summed E-state index contributed by atoms with van der Waals surface area (Å²) in [5.74, 6) is 0. The fourth-order valence-electron chi connectivity index (χ4n) is 0. The summed E-state index contributed by atoms with van der Waals surface area (Å²) >= 11 is 8.74. The molecule has 0 aliphatic heterocycles. The van der Waals surface area contributed by atoms with Crippen LogP contribution in [-0.2, 0) is 0 Å². The number of hydrogen-bond donors (Lipinski definition) is 0. The van der Waals surface area contributed by atoms with Gasteiger partial charge in [0, 0.05) is 0 Å². The molecule has 5 heteroatoms. The Labute approximate surface area is 75.3 Å². The van der Waals surface area contributed by atoms with Gasteiger partial charge in [-0.25, -0.2) is 0 Å². The van der Waals surface area contributed by atoms with Gasteiger partial charge in [-0.15, -0.1) is 0 Å². The van der Waals surface area contributed by atoms with Gasteiger partial charge in [-0.3, -0.25) is 0 Å². The molecule has 0 N–H and O–H groups in total. The summed E-state index contributed by atoms with van der Waals surface area (Å²) in [4.78, 5) is 0. The third-order valence-electron chi connectivity index (χ3n) is 0. The van der Waals surface area contributed by atoms with E-state index in [0.29, 0.717) is 0 Å². The summed E-state index contributed by atoms with van der Waals surface area (Å²) in [6.45, 7) is 0. The first kappa shape index (κ1) is 11.0. The molecule has 0 spiro atoms. The van der Waals surface area contributed by atoms with E-state index in [0.717, 1.165) is 0 Å². The molecule has 0 nitrogen and oxygen atoms in total. The van der Waals surface area contributed by atoms with Gasteiger partial charge < -0.3 is 0 Å². The van der Waals surface area contributed by atoms with Gasteiger partial charge in [0.1, 0.15) is 0 Å². The predicted molar refractivity (Wildman–Crippen MR) is 42.5 cm³/mol. The fourth-order valence-corrected chi connectivity index (χ4v) is 0. The van der Waals surface area contributed by atoms with Crippen LogP contribution in [0.1, 0.15) is 0 Å². The van der Waals surface area contributed by atoms with Crippen molar-refractivity contribution in [1.29, 1.82) is 0 Å². The topological polar surface area (TPSA) is 0 Å². The van der Waals surface area contributed by atoms with Gasteiger partial charge in [-0.1, -0.05) is 0 Å². The Bertz CT molecular complexity index is 9.61. The van der Waals surface area contributed by atoms with E-state index in [1.807, 2.05) is 0 Å². The standard InChI is InChI=1S/3BrH.2In.3H/h3*1H;;;;;/q;;;;+3;;;/p-3. The molecule has 30 valence electrons. The molecular weight excluding hydrogens is 469 g/mol. The van der Waals surface area contributed by atoms with Gasteiger partial charge in [0.05, 0.1) is 0 Å². The van der Waals surface area contributed by atoms with Crippen molar-refractivity contribution in [3.8, 4) is 0 Å². The van der Waals surface area contributed by atoms with Crippen molar-refractivity contribution < 1.29 is 0 Å². The van der Waals surface area contributed by atoms with Crippen molar-refractivity contribution in [3.05, 3.63) is 0 Å². The summed E-state index contributed by atoms with van der Waals surface area (Å²) in [6.07, 6.45) is 0. The van der Waals surface area contributed by atoms with Crippen LogP contribution >= 0.6 is 36.9 Å². The van der Waals surface area contributed by atoms with Crippen LogP contribution in [0.3, 0.4) is 0 Å². The molecule has 0 heterocycles. The monoisotopic (exact) mass is 470 g/mol. The first-order valence-corrected chi connectivity index (χ1v) is 22.8. The third kappa shape index (κ3) is 19.1. The van der Waals surface area contributed by atoms with Gasteiger partial charge in [0.2, 0.25) is 0 Å². The first-order chi connectivity index (χ1) is 1.73. The predicted octanol–water partition coefficient (Wildman–Crippen LogP) is 0.972. The van der Waals surface area contributed by atoms with E-state index < -0.39 is 14.4 Å². The number of hydrogen-bond acceptors (Lipinski definition) is 0. The Hall–Kier alpha value is 3.18. The van der Waals surface area contributed by atoms with Crippen molar-refractivity contribution in [1.82, 2.24) is 0 Å². The average Bonchev–Trinajstić information content (AvgIpc) is 0.811. The van der Waals surface area contributed by atoms with Gasteiger partial charge in [0.25, 0.3) is 0 Å². The maximum atomic E-state index is 3.31. The summed E-state index contributed by atoms with van der Waals surface area (Å²) in [5.41, 5.74) is 0. The second kappa shape index (κ2) is 7.18. The Morgan fingerprint density at radius 2 is 1.00 bits per heavy atom. The number of halogens is 3. The van der Waals surface area contributed by atoms with Crippen LogP contribution in [0.25, 0.3) is 0 Å². The normalized spacial score (nSPS) is 5.40. The molecule has 0 saturated heterocycles. The second-order valence-corrected chi connectivity index (χ2v) is 44.8. The zero-order valence-corrected chi connectivity index (χ0v) is 9.76. The van der Waals surface area contributed by atoms with Crippen LogP contribution in [0.15, 0.2) is 0 Å². The maximum absolute atomic E-state index is 3.31. The van der Waals surface area contributed by atoms with Crippen LogP contribution in [0.4, 0.5) is 0 Å². The van der Waals surface area contributed by atoms with Crippen molar-refractivity contribution in [3.63, 3.8) is 0 Å². The van der Waals surface area contributed by atoms with E-state index in [1.165, 1.54) is 0 Å². The Morgan fingerprint density at radius 1 is 1.00 bits per heavy atom. The molecule has 0 aromatic carbocycles. The zero-order valence-electron chi connectivity index (χ0n) is 1.71. The average molecular weight is 472 g/mol. The molecule has 0 saturated carbocycles. The van der Waals surface area contributed by atoms with Crippen LogP contribution in [0, 0.1) is 0 Å².